The van der Waals surface area contributed by atoms with Crippen LogP contribution in [0.2, 0.25) is 0 Å². The minimum Gasteiger partial charge on any atom is -0.393 e. The molecule has 0 bridgehead atoms. The molecule has 4 N–H and O–H groups in total. The van der Waals surface area contributed by atoms with Crippen LogP contribution in [0.1, 0.15) is 0 Å². The Hall–Kier alpha value is -1.28. The van der Waals surface area contributed by atoms with Gasteiger partial charge < -0.3 is 25.2 Å². The highest BCUT2D eigenvalue weighted by molar-refractivity contribution is 5.93. The largest absolute Gasteiger partial charge is 0.393 e. The molecule has 0 rings (SSSR count). The first-order valence-corrected chi connectivity index (χ1v) is 4.00. The Bertz CT molecular complexity index is 252. The number of carbonyl (C=O) groups is 2. The van der Waals surface area contributed by atoms with E-state index >= 15 is 0 Å². The molecule has 0 aliphatic carbocycles. The van der Waals surface area contributed by atoms with Crippen LogP contribution in [0.25, 0.3) is 0 Å². The van der Waals surface area contributed by atoms with Crippen LogP contribution in [0.3, 0.4) is 0 Å². The van der Waals surface area contributed by atoms with E-state index in [1.54, 1.807) is 0 Å². The molecular weight excluding hydrogens is 208 g/mol. The summed E-state index contributed by atoms with van der Waals surface area (Å²) in [6.45, 7) is -1.96. The maximum Gasteiger partial charge on any atom is 0.345 e. The third kappa shape index (κ3) is 5.23. The lowest BCUT2D eigenvalue weighted by Gasteiger charge is -2.04. The highest BCUT2D eigenvalue weighted by Gasteiger charge is 2.18. The first kappa shape index (κ1) is 13.7. The maximum absolute atomic E-state index is 10.9. The van der Waals surface area contributed by atoms with Crippen LogP contribution in [0.15, 0.2) is 11.6 Å². The fourth-order valence-electron chi connectivity index (χ4n) is 0.579. The van der Waals surface area contributed by atoms with E-state index in [2.05, 4.69) is 4.74 Å². The summed E-state index contributed by atoms with van der Waals surface area (Å²) in [7, 11) is 0. The Kier molecular flexibility index (Phi) is 6.47. The molecule has 86 valence electrons. The summed E-state index contributed by atoms with van der Waals surface area (Å²) in [4.78, 5) is 21.6. The normalized spacial score (nSPS) is 11.7. The van der Waals surface area contributed by atoms with Gasteiger partial charge in [0.1, 0.15) is 0 Å². The van der Waals surface area contributed by atoms with Gasteiger partial charge in [-0.1, -0.05) is 0 Å². The summed E-state index contributed by atoms with van der Waals surface area (Å²) in [5.74, 6) is -2.43. The van der Waals surface area contributed by atoms with E-state index in [-0.39, 0.29) is 5.57 Å². The number of ether oxygens (including phenoxy) is 1. The van der Waals surface area contributed by atoms with E-state index in [9.17, 15) is 9.59 Å². The van der Waals surface area contributed by atoms with E-state index in [0.29, 0.717) is 0 Å². The van der Waals surface area contributed by atoms with Crippen molar-refractivity contribution in [3.8, 4) is 0 Å². The number of aliphatic hydroxyl groups is 4. The third-order valence-corrected chi connectivity index (χ3v) is 1.37. The molecule has 7 heteroatoms. The summed E-state index contributed by atoms with van der Waals surface area (Å²) in [6, 6.07) is 0. The van der Waals surface area contributed by atoms with Crippen molar-refractivity contribution >= 4 is 11.9 Å². The number of esters is 2. The molecule has 0 aromatic heterocycles. The van der Waals surface area contributed by atoms with Gasteiger partial charge in [-0.3, -0.25) is 0 Å². The molecule has 0 radical (unpaired) electrons. The Morgan fingerprint density at radius 2 is 1.73 bits per heavy atom. The van der Waals surface area contributed by atoms with Gasteiger partial charge in [0.25, 0.3) is 0 Å². The lowest BCUT2D eigenvalue weighted by Crippen LogP contribution is -2.28. The molecular formula is C8H12O7. The zero-order valence-electron chi connectivity index (χ0n) is 7.79. The molecule has 1 unspecified atom stereocenters. The van der Waals surface area contributed by atoms with Crippen molar-refractivity contribution < 1.29 is 34.8 Å². The lowest BCUT2D eigenvalue weighted by atomic mass is 10.3. The second kappa shape index (κ2) is 7.07. The molecule has 0 amide bonds. The number of rotatable bonds is 5. The quantitative estimate of drug-likeness (QED) is 0.226. The Morgan fingerprint density at radius 1 is 1.20 bits per heavy atom. The van der Waals surface area contributed by atoms with Crippen molar-refractivity contribution in [2.24, 2.45) is 0 Å². The maximum atomic E-state index is 10.9. The second-order valence-electron chi connectivity index (χ2n) is 2.56. The van der Waals surface area contributed by atoms with E-state index in [4.69, 9.17) is 20.4 Å². The average molecular weight is 220 g/mol. The predicted octanol–water partition coefficient (Wildman–Crippen LogP) is -2.68. The zero-order chi connectivity index (χ0) is 11.8. The number of carbonyl (C=O) groups excluding carboxylic acids is 2. The Labute approximate surface area is 85.2 Å². The van der Waals surface area contributed by atoms with Crippen LogP contribution in [-0.2, 0) is 14.3 Å². The average Bonchev–Trinajstić information content (AvgIpc) is 2.24. The van der Waals surface area contributed by atoms with Crippen molar-refractivity contribution in [3.05, 3.63) is 11.6 Å². The van der Waals surface area contributed by atoms with Crippen molar-refractivity contribution in [2.75, 3.05) is 19.8 Å². The zero-order valence-corrected chi connectivity index (χ0v) is 7.79. The van der Waals surface area contributed by atoms with Crippen molar-refractivity contribution in [2.45, 2.75) is 6.10 Å². The van der Waals surface area contributed by atoms with Crippen molar-refractivity contribution in [3.63, 3.8) is 0 Å². The molecule has 0 saturated carbocycles. The molecule has 7 nitrogen and oxygen atoms in total. The molecule has 0 fully saturated rings. The van der Waals surface area contributed by atoms with Crippen LogP contribution < -0.4 is 0 Å². The van der Waals surface area contributed by atoms with Crippen molar-refractivity contribution in [1.82, 2.24) is 0 Å². The minimum atomic E-state index is -1.78. The van der Waals surface area contributed by atoms with E-state index < -0.39 is 37.9 Å². The van der Waals surface area contributed by atoms with Crippen LogP contribution in [-0.4, -0.2) is 58.3 Å². The fraction of sp³-hybridized carbons (Fsp3) is 0.500. The molecule has 0 aromatic rings. The minimum absolute atomic E-state index is 0.0358. The van der Waals surface area contributed by atoms with E-state index in [0.717, 1.165) is 6.08 Å². The van der Waals surface area contributed by atoms with Gasteiger partial charge in [0, 0.05) is 6.08 Å². The highest BCUT2D eigenvalue weighted by Crippen LogP contribution is 1.95. The monoisotopic (exact) mass is 220 g/mol. The van der Waals surface area contributed by atoms with Gasteiger partial charge in [0.2, 0.25) is 0 Å². The Balaban J connectivity index is 4.25. The predicted molar refractivity (Wildman–Crippen MR) is 46.4 cm³/mol. The lowest BCUT2D eigenvalue weighted by molar-refractivity contribution is -0.164. The number of hydrogen-bond donors (Lipinski definition) is 4. The van der Waals surface area contributed by atoms with E-state index in [1.165, 1.54) is 0 Å². The summed E-state index contributed by atoms with van der Waals surface area (Å²) < 4.78 is 4.05. The van der Waals surface area contributed by atoms with Gasteiger partial charge in [-0.25, -0.2) is 9.59 Å². The molecule has 0 aromatic carbocycles. The second-order valence-corrected chi connectivity index (χ2v) is 2.56. The summed E-state index contributed by atoms with van der Waals surface area (Å²) in [5, 5.41) is 34.2. The SMILES string of the molecule is O=C(C=C(CO)CO)OC(=O)C(O)CO. The van der Waals surface area contributed by atoms with Crippen molar-refractivity contribution in [1.29, 1.82) is 0 Å². The fourth-order valence-corrected chi connectivity index (χ4v) is 0.579. The standard InChI is InChI=1S/C8H12O7/c9-2-5(3-10)1-7(13)15-8(14)6(12)4-11/h1,6,9-12H,2-4H2. The van der Waals surface area contributed by atoms with Gasteiger partial charge in [-0.2, -0.15) is 0 Å². The number of hydrogen-bond acceptors (Lipinski definition) is 7. The molecule has 0 saturated heterocycles. The third-order valence-electron chi connectivity index (χ3n) is 1.37. The topological polar surface area (TPSA) is 124 Å². The molecule has 0 heterocycles. The molecule has 0 aliphatic heterocycles. The van der Waals surface area contributed by atoms with Gasteiger partial charge in [-0.15, -0.1) is 0 Å². The summed E-state index contributed by atoms with van der Waals surface area (Å²) >= 11 is 0. The molecule has 15 heavy (non-hydrogen) atoms. The van der Waals surface area contributed by atoms with Gasteiger partial charge >= 0.3 is 11.9 Å². The summed E-state index contributed by atoms with van der Waals surface area (Å²) in [6.07, 6.45) is -1.06. The van der Waals surface area contributed by atoms with Crippen LogP contribution >= 0.6 is 0 Å². The first-order valence-electron chi connectivity index (χ1n) is 4.00. The van der Waals surface area contributed by atoms with Crippen LogP contribution in [0.4, 0.5) is 0 Å². The highest BCUT2D eigenvalue weighted by atomic mass is 16.6. The summed E-state index contributed by atoms with van der Waals surface area (Å²) in [5.41, 5.74) is -0.0358. The van der Waals surface area contributed by atoms with Gasteiger partial charge in [0.05, 0.1) is 19.8 Å². The van der Waals surface area contributed by atoms with E-state index in [1.807, 2.05) is 0 Å². The molecule has 0 aliphatic rings. The Morgan fingerprint density at radius 3 is 2.13 bits per heavy atom. The van der Waals surface area contributed by atoms with Crippen LogP contribution in [0.5, 0.6) is 0 Å². The van der Waals surface area contributed by atoms with Gasteiger partial charge in [0.15, 0.2) is 6.10 Å². The molecule has 1 atom stereocenters. The first-order chi connectivity index (χ1) is 7.04. The smallest absolute Gasteiger partial charge is 0.345 e. The van der Waals surface area contributed by atoms with Gasteiger partial charge in [-0.05, 0) is 5.57 Å². The number of aliphatic hydroxyl groups excluding tert-OH is 4. The molecule has 0 spiro atoms. The van der Waals surface area contributed by atoms with Crippen LogP contribution in [0, 0.1) is 0 Å².